The van der Waals surface area contributed by atoms with Crippen LogP contribution in [0, 0.1) is 0 Å². The van der Waals surface area contributed by atoms with Gasteiger partial charge in [-0.15, -0.1) is 0 Å². The molecule has 1 amide bonds. The molecule has 0 radical (unpaired) electrons. The van der Waals surface area contributed by atoms with E-state index in [0.717, 1.165) is 13.0 Å². The van der Waals surface area contributed by atoms with Gasteiger partial charge in [-0.2, -0.15) is 0 Å². The minimum atomic E-state index is -1.31. The zero-order valence-electron chi connectivity index (χ0n) is 6.85. The summed E-state index contributed by atoms with van der Waals surface area (Å²) in [6.07, 6.45) is 1.54. The zero-order valence-corrected chi connectivity index (χ0v) is 6.85. The number of carboxylic acids is 2. The van der Waals surface area contributed by atoms with Crippen molar-refractivity contribution in [1.29, 1.82) is 0 Å². The highest BCUT2D eigenvalue weighted by atomic mass is 16.4. The largest absolute Gasteiger partial charge is 0.479 e. The summed E-state index contributed by atoms with van der Waals surface area (Å²) in [5.41, 5.74) is 0. The Balaban J connectivity index is 4.35. The van der Waals surface area contributed by atoms with Crippen LogP contribution in [0.3, 0.4) is 0 Å². The van der Waals surface area contributed by atoms with E-state index in [1.165, 1.54) is 0 Å². The van der Waals surface area contributed by atoms with E-state index < -0.39 is 23.9 Å². The SMILES string of the molecule is CC(=O)NC(/C=C\C(=O)O)C(=O)O. The minimum Gasteiger partial charge on any atom is -0.479 e. The normalized spacial score (nSPS) is 12.4. The van der Waals surface area contributed by atoms with Crippen molar-refractivity contribution in [1.82, 2.24) is 5.32 Å². The van der Waals surface area contributed by atoms with Crippen LogP contribution >= 0.6 is 0 Å². The fourth-order valence-corrected chi connectivity index (χ4v) is 0.590. The molecule has 0 aromatic rings. The van der Waals surface area contributed by atoms with Crippen molar-refractivity contribution >= 4 is 17.8 Å². The predicted molar refractivity (Wildman–Crippen MR) is 42.0 cm³/mol. The Morgan fingerprint density at radius 1 is 1.31 bits per heavy atom. The summed E-state index contributed by atoms with van der Waals surface area (Å²) in [6, 6.07) is -1.30. The third-order valence-corrected chi connectivity index (χ3v) is 1.06. The molecule has 0 saturated carbocycles. The molecule has 6 nitrogen and oxygen atoms in total. The first-order valence-corrected chi connectivity index (χ1v) is 3.34. The molecule has 0 fully saturated rings. The maximum atomic E-state index is 10.4. The van der Waals surface area contributed by atoms with Crippen LogP contribution in [0.1, 0.15) is 6.92 Å². The van der Waals surface area contributed by atoms with Gasteiger partial charge in [0.1, 0.15) is 6.04 Å². The van der Waals surface area contributed by atoms with Crippen LogP contribution < -0.4 is 5.32 Å². The standard InChI is InChI=1S/C7H9NO5/c1-4(9)8-5(7(12)13)2-3-6(10)11/h2-3,5H,1H3,(H,8,9)(H,10,11)(H,12,13)/b3-2-. The molecule has 0 aliphatic heterocycles. The Hall–Kier alpha value is -1.85. The fourth-order valence-electron chi connectivity index (χ4n) is 0.590. The van der Waals surface area contributed by atoms with Gasteiger partial charge in [-0.1, -0.05) is 0 Å². The summed E-state index contributed by atoms with van der Waals surface area (Å²) < 4.78 is 0. The van der Waals surface area contributed by atoms with Gasteiger partial charge in [-0.3, -0.25) is 4.79 Å². The highest BCUT2D eigenvalue weighted by molar-refractivity contribution is 5.86. The first-order valence-electron chi connectivity index (χ1n) is 3.34. The predicted octanol–water partition coefficient (Wildman–Crippen LogP) is -0.783. The Kier molecular flexibility index (Phi) is 4.21. The number of aliphatic carboxylic acids is 2. The third-order valence-electron chi connectivity index (χ3n) is 1.06. The lowest BCUT2D eigenvalue weighted by atomic mass is 10.2. The molecule has 0 heterocycles. The van der Waals surface area contributed by atoms with Crippen LogP contribution in [0.5, 0.6) is 0 Å². The molecule has 1 unspecified atom stereocenters. The second-order valence-corrected chi connectivity index (χ2v) is 2.21. The van der Waals surface area contributed by atoms with E-state index in [2.05, 4.69) is 0 Å². The van der Waals surface area contributed by atoms with Crippen LogP contribution in [0.2, 0.25) is 0 Å². The first-order chi connectivity index (χ1) is 5.93. The third kappa shape index (κ3) is 5.42. The molecule has 0 aromatic heterocycles. The average molecular weight is 187 g/mol. The maximum absolute atomic E-state index is 10.4. The highest BCUT2D eigenvalue weighted by Gasteiger charge is 2.14. The number of amides is 1. The van der Waals surface area contributed by atoms with Crippen LogP contribution in [0.15, 0.2) is 12.2 Å². The van der Waals surface area contributed by atoms with Gasteiger partial charge in [-0.05, 0) is 6.08 Å². The van der Waals surface area contributed by atoms with E-state index in [-0.39, 0.29) is 0 Å². The van der Waals surface area contributed by atoms with Crippen LogP contribution in [-0.2, 0) is 14.4 Å². The Morgan fingerprint density at radius 3 is 2.15 bits per heavy atom. The molecule has 0 rings (SSSR count). The zero-order chi connectivity index (χ0) is 10.4. The second-order valence-electron chi connectivity index (χ2n) is 2.21. The fraction of sp³-hybridized carbons (Fsp3) is 0.286. The minimum absolute atomic E-state index is 0.539. The number of hydrogen-bond donors (Lipinski definition) is 3. The average Bonchev–Trinajstić information content (AvgIpc) is 1.96. The summed E-state index contributed by atoms with van der Waals surface area (Å²) >= 11 is 0. The molecule has 0 aliphatic rings. The summed E-state index contributed by atoms with van der Waals surface area (Å²) in [4.78, 5) is 30.9. The number of carbonyl (C=O) groups is 3. The van der Waals surface area contributed by atoms with Gasteiger partial charge in [0.15, 0.2) is 0 Å². The summed E-state index contributed by atoms with van der Waals surface area (Å²) in [5, 5.41) is 18.7. The molecule has 3 N–H and O–H groups in total. The monoisotopic (exact) mass is 187 g/mol. The molecule has 72 valence electrons. The molecule has 0 aromatic carbocycles. The van der Waals surface area contributed by atoms with Gasteiger partial charge < -0.3 is 15.5 Å². The van der Waals surface area contributed by atoms with Gasteiger partial charge in [0.2, 0.25) is 5.91 Å². The van der Waals surface area contributed by atoms with E-state index in [9.17, 15) is 14.4 Å². The van der Waals surface area contributed by atoms with Gasteiger partial charge in [-0.25, -0.2) is 9.59 Å². The number of rotatable bonds is 4. The van der Waals surface area contributed by atoms with Crippen molar-refractivity contribution in [3.8, 4) is 0 Å². The van der Waals surface area contributed by atoms with Crippen molar-refractivity contribution in [3.05, 3.63) is 12.2 Å². The molecule has 0 spiro atoms. The van der Waals surface area contributed by atoms with Gasteiger partial charge in [0, 0.05) is 13.0 Å². The number of carboxylic acid groups (broad SMARTS) is 2. The molecule has 0 aliphatic carbocycles. The summed E-state index contributed by atoms with van der Waals surface area (Å²) in [7, 11) is 0. The van der Waals surface area contributed by atoms with Crippen LogP contribution in [0.25, 0.3) is 0 Å². The molecular weight excluding hydrogens is 178 g/mol. The van der Waals surface area contributed by atoms with Crippen LogP contribution in [-0.4, -0.2) is 34.1 Å². The van der Waals surface area contributed by atoms with Gasteiger partial charge in [0.05, 0.1) is 0 Å². The lowest BCUT2D eigenvalue weighted by Gasteiger charge is -2.06. The lowest BCUT2D eigenvalue weighted by molar-refractivity contribution is -0.140. The van der Waals surface area contributed by atoms with Crippen molar-refractivity contribution in [3.63, 3.8) is 0 Å². The summed E-state index contributed by atoms with van der Waals surface area (Å²) in [5.74, 6) is -3.12. The van der Waals surface area contributed by atoms with Crippen molar-refractivity contribution in [2.24, 2.45) is 0 Å². The smallest absolute Gasteiger partial charge is 0.330 e. The first kappa shape index (κ1) is 11.2. The van der Waals surface area contributed by atoms with E-state index in [4.69, 9.17) is 10.2 Å². The highest BCUT2D eigenvalue weighted by Crippen LogP contribution is 1.87. The molecule has 13 heavy (non-hydrogen) atoms. The Morgan fingerprint density at radius 2 is 1.85 bits per heavy atom. The Bertz CT molecular complexity index is 258. The molecule has 6 heteroatoms. The molecule has 0 saturated heterocycles. The molecular formula is C7H9NO5. The van der Waals surface area contributed by atoms with Crippen molar-refractivity contribution in [2.45, 2.75) is 13.0 Å². The van der Waals surface area contributed by atoms with Crippen molar-refractivity contribution in [2.75, 3.05) is 0 Å². The number of nitrogens with one attached hydrogen (secondary N) is 1. The van der Waals surface area contributed by atoms with Gasteiger partial charge >= 0.3 is 11.9 Å². The maximum Gasteiger partial charge on any atom is 0.330 e. The Labute approximate surface area is 73.9 Å². The van der Waals surface area contributed by atoms with E-state index >= 15 is 0 Å². The number of hydrogen-bond acceptors (Lipinski definition) is 3. The summed E-state index contributed by atoms with van der Waals surface area (Å²) in [6.45, 7) is 1.14. The van der Waals surface area contributed by atoms with E-state index in [1.54, 1.807) is 0 Å². The van der Waals surface area contributed by atoms with E-state index in [1.807, 2.05) is 5.32 Å². The molecule has 1 atom stereocenters. The molecule has 0 bridgehead atoms. The quantitative estimate of drug-likeness (QED) is 0.500. The topological polar surface area (TPSA) is 104 Å². The van der Waals surface area contributed by atoms with E-state index in [0.29, 0.717) is 6.08 Å². The van der Waals surface area contributed by atoms with Crippen molar-refractivity contribution < 1.29 is 24.6 Å². The van der Waals surface area contributed by atoms with Crippen LogP contribution in [0.4, 0.5) is 0 Å². The van der Waals surface area contributed by atoms with Gasteiger partial charge in [0.25, 0.3) is 0 Å². The second kappa shape index (κ2) is 4.91. The lowest BCUT2D eigenvalue weighted by Crippen LogP contribution is -2.38. The number of carbonyl (C=O) groups excluding carboxylic acids is 1.